The van der Waals surface area contributed by atoms with Gasteiger partial charge < -0.3 is 9.80 Å². The summed E-state index contributed by atoms with van der Waals surface area (Å²) in [5.74, 6) is 0.239. The monoisotopic (exact) mass is 349 g/mol. The van der Waals surface area contributed by atoms with E-state index in [2.05, 4.69) is 4.98 Å². The molecule has 0 spiro atoms. The average Bonchev–Trinajstić information content (AvgIpc) is 2.87. The van der Waals surface area contributed by atoms with Gasteiger partial charge >= 0.3 is 6.18 Å². The van der Waals surface area contributed by atoms with E-state index in [1.54, 1.807) is 28.0 Å². The molecule has 0 unspecified atom stereocenters. The fourth-order valence-electron chi connectivity index (χ4n) is 2.87. The third-order valence-corrected chi connectivity index (χ3v) is 4.15. The lowest BCUT2D eigenvalue weighted by atomic mass is 10.2. The fourth-order valence-corrected chi connectivity index (χ4v) is 2.87. The maximum absolute atomic E-state index is 12.8. The van der Waals surface area contributed by atoms with E-state index in [1.165, 1.54) is 6.07 Å². The number of nitrogens with zero attached hydrogens (tertiary/aromatic N) is 3. The van der Waals surface area contributed by atoms with Crippen molar-refractivity contribution in [1.82, 2.24) is 9.88 Å². The Hall–Kier alpha value is -2.57. The fraction of sp³-hybridized carbons (Fsp3) is 0.333. The minimum absolute atomic E-state index is 0.0561. The molecule has 1 fully saturated rings. The number of halogens is 3. The van der Waals surface area contributed by atoms with Gasteiger partial charge in [0.1, 0.15) is 11.5 Å². The van der Waals surface area contributed by atoms with Gasteiger partial charge in [0.2, 0.25) is 0 Å². The Balaban J connectivity index is 1.71. The van der Waals surface area contributed by atoms with E-state index >= 15 is 0 Å². The molecule has 0 bridgehead atoms. The molecule has 132 valence electrons. The molecule has 25 heavy (non-hydrogen) atoms. The molecule has 1 amide bonds. The summed E-state index contributed by atoms with van der Waals surface area (Å²) in [5, 5.41) is 0. The van der Waals surface area contributed by atoms with Crippen molar-refractivity contribution >= 4 is 11.7 Å². The van der Waals surface area contributed by atoms with Gasteiger partial charge in [-0.15, -0.1) is 0 Å². The van der Waals surface area contributed by atoms with Gasteiger partial charge in [0.25, 0.3) is 5.91 Å². The van der Waals surface area contributed by atoms with E-state index in [0.717, 1.165) is 6.07 Å². The first-order valence-corrected chi connectivity index (χ1v) is 8.09. The number of aromatic nitrogens is 1. The predicted molar refractivity (Wildman–Crippen MR) is 88.4 cm³/mol. The van der Waals surface area contributed by atoms with Crippen LogP contribution in [0.2, 0.25) is 0 Å². The van der Waals surface area contributed by atoms with Crippen LogP contribution in [0.1, 0.15) is 22.5 Å². The summed E-state index contributed by atoms with van der Waals surface area (Å²) in [7, 11) is 0. The maximum Gasteiger partial charge on any atom is 0.433 e. The smallest absolute Gasteiger partial charge is 0.355 e. The van der Waals surface area contributed by atoms with Crippen LogP contribution in [-0.4, -0.2) is 42.0 Å². The summed E-state index contributed by atoms with van der Waals surface area (Å²) in [6.07, 6.45) is -3.78. The third-order valence-electron chi connectivity index (χ3n) is 4.15. The van der Waals surface area contributed by atoms with Gasteiger partial charge in [0.15, 0.2) is 0 Å². The summed E-state index contributed by atoms with van der Waals surface area (Å²) in [4.78, 5) is 19.8. The number of amides is 1. The van der Waals surface area contributed by atoms with Crippen LogP contribution in [-0.2, 0) is 6.18 Å². The van der Waals surface area contributed by atoms with Gasteiger partial charge in [-0.3, -0.25) is 4.79 Å². The van der Waals surface area contributed by atoms with Crippen LogP contribution in [0, 0.1) is 0 Å². The lowest BCUT2D eigenvalue weighted by Crippen LogP contribution is -2.35. The molecule has 3 rings (SSSR count). The second kappa shape index (κ2) is 7.13. The number of carbonyl (C=O) groups is 1. The van der Waals surface area contributed by atoms with E-state index < -0.39 is 11.9 Å². The normalized spacial score (nSPS) is 15.8. The van der Waals surface area contributed by atoms with Gasteiger partial charge in [-0.25, -0.2) is 4.98 Å². The van der Waals surface area contributed by atoms with E-state index in [0.29, 0.717) is 44.0 Å². The van der Waals surface area contributed by atoms with Gasteiger partial charge in [-0.1, -0.05) is 24.3 Å². The molecule has 7 heteroatoms. The molecule has 1 aliphatic heterocycles. The number of benzene rings is 1. The Morgan fingerprint density at radius 1 is 0.920 bits per heavy atom. The lowest BCUT2D eigenvalue weighted by molar-refractivity contribution is -0.141. The number of hydrogen-bond acceptors (Lipinski definition) is 3. The van der Waals surface area contributed by atoms with Crippen LogP contribution < -0.4 is 4.90 Å². The van der Waals surface area contributed by atoms with Crippen LogP contribution in [0.5, 0.6) is 0 Å². The summed E-state index contributed by atoms with van der Waals surface area (Å²) in [6, 6.07) is 12.9. The molecular weight excluding hydrogens is 331 g/mol. The minimum Gasteiger partial charge on any atom is -0.355 e. The highest BCUT2D eigenvalue weighted by atomic mass is 19.4. The van der Waals surface area contributed by atoms with Crippen molar-refractivity contribution in [2.75, 3.05) is 31.1 Å². The van der Waals surface area contributed by atoms with Crippen molar-refractivity contribution in [3.8, 4) is 0 Å². The molecule has 1 aromatic heterocycles. The van der Waals surface area contributed by atoms with Crippen LogP contribution in [0.25, 0.3) is 0 Å². The molecule has 1 aliphatic rings. The van der Waals surface area contributed by atoms with Gasteiger partial charge in [-0.2, -0.15) is 13.2 Å². The molecule has 2 heterocycles. The van der Waals surface area contributed by atoms with Gasteiger partial charge in [0.05, 0.1) is 0 Å². The van der Waals surface area contributed by atoms with Crippen molar-refractivity contribution in [3.63, 3.8) is 0 Å². The third kappa shape index (κ3) is 4.10. The number of alkyl halides is 3. The van der Waals surface area contributed by atoms with E-state index in [9.17, 15) is 18.0 Å². The number of hydrogen-bond donors (Lipinski definition) is 0. The van der Waals surface area contributed by atoms with Crippen LogP contribution in [0.4, 0.5) is 19.0 Å². The van der Waals surface area contributed by atoms with Crippen molar-refractivity contribution < 1.29 is 18.0 Å². The minimum atomic E-state index is -4.46. The molecule has 1 aromatic carbocycles. The molecule has 0 saturated carbocycles. The Kier molecular flexibility index (Phi) is 4.92. The summed E-state index contributed by atoms with van der Waals surface area (Å²) in [5.41, 5.74) is -0.278. The van der Waals surface area contributed by atoms with Crippen molar-refractivity contribution in [1.29, 1.82) is 0 Å². The zero-order valence-electron chi connectivity index (χ0n) is 13.5. The molecule has 0 aliphatic carbocycles. The van der Waals surface area contributed by atoms with Crippen molar-refractivity contribution in [2.24, 2.45) is 0 Å². The summed E-state index contributed by atoms with van der Waals surface area (Å²) in [6.45, 7) is 2.04. The van der Waals surface area contributed by atoms with Crippen molar-refractivity contribution in [3.05, 3.63) is 59.8 Å². The summed E-state index contributed by atoms with van der Waals surface area (Å²) >= 11 is 0. The van der Waals surface area contributed by atoms with Gasteiger partial charge in [-0.05, 0) is 30.7 Å². The predicted octanol–water partition coefficient (Wildman–Crippen LogP) is 3.45. The molecule has 0 radical (unpaired) electrons. The first-order valence-electron chi connectivity index (χ1n) is 8.09. The molecule has 4 nitrogen and oxygen atoms in total. The number of anilines is 1. The first-order chi connectivity index (χ1) is 11.9. The van der Waals surface area contributed by atoms with Crippen molar-refractivity contribution in [2.45, 2.75) is 12.6 Å². The Bertz CT molecular complexity index is 734. The first kappa shape index (κ1) is 17.3. The molecule has 0 N–H and O–H groups in total. The quantitative estimate of drug-likeness (QED) is 0.833. The standard InChI is InChI=1S/C18H18F3N3O/c19-18(20,21)15-8-4-9-16(22-15)23-10-5-11-24(13-12-23)17(25)14-6-2-1-3-7-14/h1-4,6-9H,5,10-13H2. The maximum atomic E-state index is 12.8. The Morgan fingerprint density at radius 2 is 1.68 bits per heavy atom. The average molecular weight is 349 g/mol. The van der Waals surface area contributed by atoms with Crippen LogP contribution in [0.3, 0.4) is 0 Å². The largest absolute Gasteiger partial charge is 0.433 e. The SMILES string of the molecule is O=C(c1ccccc1)N1CCCN(c2cccc(C(F)(F)F)n2)CC1. The zero-order valence-corrected chi connectivity index (χ0v) is 13.5. The topological polar surface area (TPSA) is 36.4 Å². The molecule has 1 saturated heterocycles. The van der Waals surface area contributed by atoms with Crippen LogP contribution >= 0.6 is 0 Å². The highest BCUT2D eigenvalue weighted by molar-refractivity contribution is 5.94. The zero-order chi connectivity index (χ0) is 17.9. The highest BCUT2D eigenvalue weighted by Gasteiger charge is 2.33. The molecular formula is C18H18F3N3O. The van der Waals surface area contributed by atoms with E-state index in [4.69, 9.17) is 0 Å². The lowest BCUT2D eigenvalue weighted by Gasteiger charge is -2.23. The summed E-state index contributed by atoms with van der Waals surface area (Å²) < 4.78 is 38.5. The Morgan fingerprint density at radius 3 is 2.40 bits per heavy atom. The van der Waals surface area contributed by atoms with Crippen LogP contribution in [0.15, 0.2) is 48.5 Å². The number of rotatable bonds is 2. The number of carbonyl (C=O) groups excluding carboxylic acids is 1. The Labute approximate surface area is 143 Å². The molecule has 0 atom stereocenters. The second-order valence-electron chi connectivity index (χ2n) is 5.88. The molecule has 2 aromatic rings. The van der Waals surface area contributed by atoms with E-state index in [1.807, 2.05) is 18.2 Å². The number of pyridine rings is 1. The van der Waals surface area contributed by atoms with Gasteiger partial charge in [0, 0.05) is 31.7 Å². The van der Waals surface area contributed by atoms with E-state index in [-0.39, 0.29) is 5.91 Å². The second-order valence-corrected chi connectivity index (χ2v) is 5.88. The highest BCUT2D eigenvalue weighted by Crippen LogP contribution is 2.29.